The Hall–Kier alpha value is -4.34. The second-order valence-electron chi connectivity index (χ2n) is 11.0. The number of hydrogen-bond donors (Lipinski definition) is 5. The Morgan fingerprint density at radius 1 is 1.05 bits per heavy atom. The SMILES string of the molecule is CC(C)C(C)C1NC(=O)[C@H](C)[C@H](O)[C@H](Cc2c(F)nc(F)c(F)c2F)NC(=O)[C@@H](NC(=O)c2ncccc2O)[C@@H](C)OC1=O. The van der Waals surface area contributed by atoms with Crippen molar-refractivity contribution in [2.75, 3.05) is 0 Å². The van der Waals surface area contributed by atoms with E-state index in [-0.39, 0.29) is 5.92 Å². The van der Waals surface area contributed by atoms with Crippen molar-refractivity contribution in [3.8, 4) is 5.75 Å². The first kappa shape index (κ1) is 34.2. The van der Waals surface area contributed by atoms with Crippen LogP contribution in [0.4, 0.5) is 17.6 Å². The number of carbonyl (C=O) groups excluding carboxylic acids is 4. The van der Waals surface area contributed by atoms with Gasteiger partial charge in [0.25, 0.3) is 11.9 Å². The summed E-state index contributed by atoms with van der Waals surface area (Å²) in [5.41, 5.74) is -1.64. The zero-order valence-corrected chi connectivity index (χ0v) is 24.4. The summed E-state index contributed by atoms with van der Waals surface area (Å²) < 4.78 is 62.0. The maximum absolute atomic E-state index is 14.6. The van der Waals surface area contributed by atoms with Crippen LogP contribution in [0, 0.1) is 41.3 Å². The van der Waals surface area contributed by atoms with Crippen molar-refractivity contribution in [3.63, 3.8) is 0 Å². The number of rotatable bonds is 6. The van der Waals surface area contributed by atoms with Crippen molar-refractivity contribution in [1.82, 2.24) is 25.9 Å². The third-order valence-electron chi connectivity index (χ3n) is 7.64. The number of aromatic nitrogens is 2. The number of nitrogens with one attached hydrogen (secondary N) is 3. The first-order valence-corrected chi connectivity index (χ1v) is 13.7. The number of aromatic hydroxyl groups is 1. The van der Waals surface area contributed by atoms with E-state index in [1.807, 2.05) is 0 Å². The molecule has 0 bridgehead atoms. The largest absolute Gasteiger partial charge is 0.505 e. The van der Waals surface area contributed by atoms with Crippen LogP contribution < -0.4 is 16.0 Å². The van der Waals surface area contributed by atoms with E-state index in [0.29, 0.717) is 0 Å². The highest BCUT2D eigenvalue weighted by Gasteiger charge is 2.41. The van der Waals surface area contributed by atoms with Gasteiger partial charge in [-0.15, -0.1) is 0 Å². The van der Waals surface area contributed by atoms with Gasteiger partial charge in [0.15, 0.2) is 11.5 Å². The molecule has 1 aliphatic rings. The van der Waals surface area contributed by atoms with Crippen LogP contribution in [0.25, 0.3) is 0 Å². The molecule has 12 nitrogen and oxygen atoms in total. The molecule has 0 saturated carbocycles. The molecule has 3 amide bonds. The minimum Gasteiger partial charge on any atom is -0.505 e. The number of amides is 3. The van der Waals surface area contributed by atoms with Crippen LogP contribution in [-0.2, 0) is 25.5 Å². The predicted octanol–water partition coefficient (Wildman–Crippen LogP) is 1.28. The molecule has 1 saturated heterocycles. The quantitative estimate of drug-likeness (QED) is 0.179. The molecule has 2 aromatic heterocycles. The second kappa shape index (κ2) is 14.0. The molecule has 44 heavy (non-hydrogen) atoms. The molecule has 1 fully saturated rings. The lowest BCUT2D eigenvalue weighted by molar-refractivity contribution is -0.158. The Morgan fingerprint density at radius 2 is 1.70 bits per heavy atom. The number of hydrogen-bond acceptors (Lipinski definition) is 9. The molecule has 2 aromatic rings. The summed E-state index contributed by atoms with van der Waals surface area (Å²) in [5, 5.41) is 28.3. The van der Waals surface area contributed by atoms with E-state index in [0.717, 1.165) is 6.07 Å². The zero-order chi connectivity index (χ0) is 33.0. The first-order valence-electron chi connectivity index (χ1n) is 13.7. The maximum atomic E-state index is 14.6. The maximum Gasteiger partial charge on any atom is 0.329 e. The van der Waals surface area contributed by atoms with Gasteiger partial charge in [0.05, 0.1) is 18.1 Å². The number of pyridine rings is 2. The fourth-order valence-corrected chi connectivity index (χ4v) is 4.52. The standard InChI is InChI=1S/C28H33F4N5O7/c1-10(2)11(3)19-28(43)44-13(5)20(36-27(42)21-16(38)7-6-8-33-21)26(41)34-15(22(39)12(4)25(40)35-19)9-14-17(29)18(30)24(32)37-23(14)31/h6-8,10-13,15,19-20,22,38-39H,9H2,1-5H3,(H,34,41)(H,35,40)(H,36,42)/t11?,12-,13-,15+,19?,20+,22+/m1/s1. The zero-order valence-electron chi connectivity index (χ0n) is 24.4. The number of ether oxygens (including phenoxy) is 1. The Kier molecular flexibility index (Phi) is 10.8. The van der Waals surface area contributed by atoms with Gasteiger partial charge in [0.1, 0.15) is 23.9 Å². The molecule has 5 N–H and O–H groups in total. The predicted molar refractivity (Wildman–Crippen MR) is 144 cm³/mol. The first-order chi connectivity index (χ1) is 20.5. The van der Waals surface area contributed by atoms with Crippen LogP contribution in [0.5, 0.6) is 5.75 Å². The van der Waals surface area contributed by atoms with Crippen molar-refractivity contribution in [1.29, 1.82) is 0 Å². The van der Waals surface area contributed by atoms with Crippen LogP contribution in [0.1, 0.15) is 50.7 Å². The van der Waals surface area contributed by atoms with E-state index in [9.17, 15) is 47.0 Å². The molecule has 7 atom stereocenters. The topological polar surface area (TPSA) is 180 Å². The van der Waals surface area contributed by atoms with Crippen molar-refractivity contribution >= 4 is 23.7 Å². The van der Waals surface area contributed by atoms with Gasteiger partial charge in [0.2, 0.25) is 23.6 Å². The third-order valence-corrected chi connectivity index (χ3v) is 7.64. The smallest absolute Gasteiger partial charge is 0.329 e. The number of carbonyl (C=O) groups is 4. The molecular weight excluding hydrogens is 594 g/mol. The monoisotopic (exact) mass is 627 g/mol. The average molecular weight is 628 g/mol. The van der Waals surface area contributed by atoms with Crippen LogP contribution >= 0.6 is 0 Å². The Bertz CT molecular complexity index is 1430. The van der Waals surface area contributed by atoms with Gasteiger partial charge >= 0.3 is 5.97 Å². The number of nitrogens with zero attached hydrogens (tertiary/aromatic N) is 2. The number of esters is 1. The minimum absolute atomic E-state index is 0.179. The molecule has 0 spiro atoms. The fourth-order valence-electron chi connectivity index (χ4n) is 4.52. The summed E-state index contributed by atoms with van der Waals surface area (Å²) in [5.74, 6) is -14.7. The van der Waals surface area contributed by atoms with Gasteiger partial charge < -0.3 is 30.9 Å². The average Bonchev–Trinajstić information content (AvgIpc) is 2.97. The van der Waals surface area contributed by atoms with E-state index in [1.54, 1.807) is 20.8 Å². The van der Waals surface area contributed by atoms with E-state index in [4.69, 9.17) is 4.74 Å². The molecule has 2 unspecified atom stereocenters. The molecule has 16 heteroatoms. The van der Waals surface area contributed by atoms with Gasteiger partial charge in [-0.3, -0.25) is 14.4 Å². The number of aliphatic hydroxyl groups is 1. The Balaban J connectivity index is 2.10. The fraction of sp³-hybridized carbons (Fsp3) is 0.500. The van der Waals surface area contributed by atoms with E-state index >= 15 is 0 Å². The second-order valence-corrected chi connectivity index (χ2v) is 11.0. The normalized spacial score (nSPS) is 25.7. The lowest BCUT2D eigenvalue weighted by atomic mass is 9.88. The number of aliphatic hydroxyl groups excluding tert-OH is 1. The Labute approximate surface area is 249 Å². The number of cyclic esters (lactones) is 1. The van der Waals surface area contributed by atoms with Crippen molar-refractivity contribution in [2.45, 2.75) is 71.4 Å². The molecule has 1 aliphatic heterocycles. The lowest BCUT2D eigenvalue weighted by Crippen LogP contribution is -2.61. The molecule has 3 rings (SSSR count). The summed E-state index contributed by atoms with van der Waals surface area (Å²) in [6, 6.07) is -2.32. The molecule has 0 aliphatic carbocycles. The minimum atomic E-state index is -2.10. The molecular formula is C28H33F4N5O7. The molecule has 3 heterocycles. The highest BCUT2D eigenvalue weighted by molar-refractivity contribution is 5.98. The lowest BCUT2D eigenvalue weighted by Gasteiger charge is -2.35. The third kappa shape index (κ3) is 7.41. The van der Waals surface area contributed by atoms with Crippen LogP contribution in [0.2, 0.25) is 0 Å². The van der Waals surface area contributed by atoms with Crippen LogP contribution in [0.3, 0.4) is 0 Å². The summed E-state index contributed by atoms with van der Waals surface area (Å²) in [6.45, 7) is 7.63. The molecule has 240 valence electrons. The van der Waals surface area contributed by atoms with Crippen molar-refractivity contribution in [3.05, 3.63) is 53.1 Å². The van der Waals surface area contributed by atoms with Crippen LogP contribution in [0.15, 0.2) is 18.3 Å². The Morgan fingerprint density at radius 3 is 2.32 bits per heavy atom. The van der Waals surface area contributed by atoms with E-state index in [1.165, 1.54) is 26.1 Å². The van der Waals surface area contributed by atoms with E-state index in [2.05, 4.69) is 25.9 Å². The summed E-state index contributed by atoms with van der Waals surface area (Å²) in [4.78, 5) is 59.5. The summed E-state index contributed by atoms with van der Waals surface area (Å²) >= 11 is 0. The van der Waals surface area contributed by atoms with Crippen molar-refractivity contribution < 1.29 is 51.7 Å². The van der Waals surface area contributed by atoms with E-state index < -0.39 is 113 Å². The number of halogens is 4. The van der Waals surface area contributed by atoms with Gasteiger partial charge in [-0.1, -0.05) is 27.7 Å². The van der Waals surface area contributed by atoms with Gasteiger partial charge in [-0.05, 0) is 30.9 Å². The highest BCUT2D eigenvalue weighted by atomic mass is 19.2. The van der Waals surface area contributed by atoms with Crippen molar-refractivity contribution in [2.24, 2.45) is 17.8 Å². The summed E-state index contributed by atoms with van der Waals surface area (Å²) in [6.07, 6.45) is -3.23. The van der Waals surface area contributed by atoms with Gasteiger partial charge in [-0.25, -0.2) is 14.2 Å². The molecule has 0 aromatic carbocycles. The molecule has 0 radical (unpaired) electrons. The highest BCUT2D eigenvalue weighted by Crippen LogP contribution is 2.23. The van der Waals surface area contributed by atoms with Gasteiger partial charge in [0, 0.05) is 18.2 Å². The van der Waals surface area contributed by atoms with Gasteiger partial charge in [-0.2, -0.15) is 18.2 Å². The van der Waals surface area contributed by atoms with Crippen LogP contribution in [-0.4, -0.2) is 74.2 Å². The summed E-state index contributed by atoms with van der Waals surface area (Å²) in [7, 11) is 0.